The Hall–Kier alpha value is -3.78. The van der Waals surface area contributed by atoms with Gasteiger partial charge in [-0.3, -0.25) is 14.6 Å². The van der Waals surface area contributed by atoms with Crippen molar-refractivity contribution in [3.8, 4) is 11.3 Å². The first-order chi connectivity index (χ1) is 16.6. The molecule has 0 fully saturated rings. The highest BCUT2D eigenvalue weighted by Gasteiger charge is 2.11. The highest BCUT2D eigenvalue weighted by Crippen LogP contribution is 2.26. The minimum atomic E-state index is -0.318. The molecule has 2 amide bonds. The molecule has 3 heterocycles. The number of hydrogen-bond donors (Lipinski definition) is 2. The third-order valence-corrected chi connectivity index (χ3v) is 5.69. The summed E-state index contributed by atoms with van der Waals surface area (Å²) in [5, 5.41) is 7.78. The molecule has 3 aromatic heterocycles. The molecule has 0 radical (unpaired) electrons. The molecule has 0 saturated heterocycles. The molecule has 0 atom stereocenters. The van der Waals surface area contributed by atoms with E-state index in [2.05, 4.69) is 32.7 Å². The lowest BCUT2D eigenvalue weighted by Gasteiger charge is -2.05. The monoisotopic (exact) mass is 475 g/mol. The number of aromatic nitrogens is 3. The lowest BCUT2D eigenvalue weighted by atomic mass is 10.0. The van der Waals surface area contributed by atoms with Crippen LogP contribution in [0.3, 0.4) is 0 Å². The minimum absolute atomic E-state index is 0.118. The maximum absolute atomic E-state index is 12.2. The molecule has 176 valence electrons. The van der Waals surface area contributed by atoms with E-state index in [0.29, 0.717) is 10.7 Å². The third-order valence-electron chi connectivity index (χ3n) is 4.93. The molecule has 0 aliphatic carbocycles. The lowest BCUT2D eigenvalue weighted by Crippen LogP contribution is -2.32. The Labute approximate surface area is 203 Å². The first-order valence-corrected chi connectivity index (χ1v) is 12.1. The van der Waals surface area contributed by atoms with E-state index in [9.17, 15) is 9.59 Å². The van der Waals surface area contributed by atoms with Gasteiger partial charge in [0, 0.05) is 42.8 Å². The lowest BCUT2D eigenvalue weighted by molar-refractivity contribution is -0.115. The first kappa shape index (κ1) is 24.9. The van der Waals surface area contributed by atoms with Crippen LogP contribution in [0.5, 0.6) is 0 Å². The minimum Gasteiger partial charge on any atom is -0.356 e. The van der Waals surface area contributed by atoms with Crippen molar-refractivity contribution in [3.63, 3.8) is 0 Å². The number of anilines is 1. The Morgan fingerprint density at radius 2 is 1.79 bits per heavy atom. The summed E-state index contributed by atoms with van der Waals surface area (Å²) in [6.45, 7) is 3.88. The zero-order chi connectivity index (χ0) is 24.3. The molecule has 0 saturated carbocycles. The van der Waals surface area contributed by atoms with Crippen LogP contribution in [-0.4, -0.2) is 32.9 Å². The fraction of sp³-hybridized carbons (Fsp3) is 0.231. The van der Waals surface area contributed by atoms with Crippen molar-refractivity contribution >= 4 is 28.3 Å². The zero-order valence-electron chi connectivity index (χ0n) is 19.6. The summed E-state index contributed by atoms with van der Waals surface area (Å²) >= 11 is 1.36. The Morgan fingerprint density at radius 3 is 2.53 bits per heavy atom. The quantitative estimate of drug-likeness (QED) is 0.386. The molecule has 2 N–H and O–H groups in total. The van der Waals surface area contributed by atoms with Crippen molar-refractivity contribution < 1.29 is 9.59 Å². The van der Waals surface area contributed by atoms with E-state index in [1.807, 2.05) is 62.9 Å². The number of pyridine rings is 1. The number of carbonyl (C=O) groups is 2. The first-order valence-electron chi connectivity index (χ1n) is 11.2. The van der Waals surface area contributed by atoms with Crippen molar-refractivity contribution in [3.05, 3.63) is 89.3 Å². The summed E-state index contributed by atoms with van der Waals surface area (Å²) in [4.78, 5) is 32.8. The van der Waals surface area contributed by atoms with Crippen molar-refractivity contribution in [2.45, 2.75) is 26.7 Å². The van der Waals surface area contributed by atoms with E-state index in [-0.39, 0.29) is 18.4 Å². The number of aryl methyl sites for hydroxylation is 3. The van der Waals surface area contributed by atoms with Gasteiger partial charge < -0.3 is 15.2 Å². The largest absolute Gasteiger partial charge is 0.356 e. The highest BCUT2D eigenvalue weighted by atomic mass is 32.1. The number of thiazole rings is 1. The second-order valence-electron chi connectivity index (χ2n) is 7.39. The van der Waals surface area contributed by atoms with Crippen LogP contribution in [0.15, 0.2) is 72.6 Å². The Balaban J connectivity index is 0.00000158. The fourth-order valence-electron chi connectivity index (χ4n) is 3.25. The normalized spacial score (nSPS) is 10.2. The van der Waals surface area contributed by atoms with Crippen LogP contribution in [0.2, 0.25) is 0 Å². The van der Waals surface area contributed by atoms with Gasteiger partial charge in [0.1, 0.15) is 0 Å². The number of nitrogens with zero attached hydrogens (tertiary/aromatic N) is 3. The van der Waals surface area contributed by atoms with Gasteiger partial charge in [-0.05, 0) is 48.2 Å². The molecule has 0 aliphatic heterocycles. The van der Waals surface area contributed by atoms with Gasteiger partial charge in [-0.1, -0.05) is 32.0 Å². The van der Waals surface area contributed by atoms with Crippen LogP contribution in [0, 0.1) is 0 Å². The molecule has 7 nitrogen and oxygen atoms in total. The highest BCUT2D eigenvalue weighted by molar-refractivity contribution is 7.14. The summed E-state index contributed by atoms with van der Waals surface area (Å²) in [6.07, 6.45) is 8.96. The van der Waals surface area contributed by atoms with E-state index >= 15 is 0 Å². The van der Waals surface area contributed by atoms with Crippen LogP contribution in [0.4, 0.5) is 5.13 Å². The van der Waals surface area contributed by atoms with E-state index in [0.717, 1.165) is 24.1 Å². The van der Waals surface area contributed by atoms with Gasteiger partial charge in [0.25, 0.3) is 5.91 Å². The molecular formula is C26H29N5O2S. The Morgan fingerprint density at radius 1 is 1.03 bits per heavy atom. The average molecular weight is 476 g/mol. The average Bonchev–Trinajstić information content (AvgIpc) is 3.52. The second kappa shape index (κ2) is 12.5. The summed E-state index contributed by atoms with van der Waals surface area (Å²) in [6, 6.07) is 14.0. The zero-order valence-corrected chi connectivity index (χ0v) is 20.4. The molecule has 0 unspecified atom stereocenters. The molecule has 4 rings (SSSR count). The number of hydrogen-bond acceptors (Lipinski definition) is 5. The second-order valence-corrected chi connectivity index (χ2v) is 8.25. The number of nitrogens with one attached hydrogen (secondary N) is 2. The molecule has 1 aromatic carbocycles. The molecular weight excluding hydrogens is 446 g/mol. The van der Waals surface area contributed by atoms with Crippen molar-refractivity contribution in [2.24, 2.45) is 7.05 Å². The van der Waals surface area contributed by atoms with Gasteiger partial charge >= 0.3 is 0 Å². The third kappa shape index (κ3) is 7.11. The van der Waals surface area contributed by atoms with Crippen LogP contribution >= 0.6 is 11.3 Å². The predicted molar refractivity (Wildman–Crippen MR) is 137 cm³/mol. The van der Waals surface area contributed by atoms with Gasteiger partial charge in [0.2, 0.25) is 5.91 Å². The van der Waals surface area contributed by atoms with Gasteiger partial charge in [0.05, 0.1) is 17.8 Å². The molecule has 0 aliphatic rings. The van der Waals surface area contributed by atoms with Gasteiger partial charge in [-0.25, -0.2) is 4.98 Å². The maximum Gasteiger partial charge on any atom is 0.253 e. The van der Waals surface area contributed by atoms with Crippen molar-refractivity contribution in [2.75, 3.05) is 11.9 Å². The maximum atomic E-state index is 12.2. The standard InChI is InChI=1S/C24H23N5O2S.C2H6/c1-29-12-9-20(15-29)23(31)26-14-22(30)28-24-27-21(16-32-24)19-4-2-3-18(13-19)6-5-17-7-10-25-11-8-17;1-2/h2-4,7-13,15-16H,5-6,14H2,1H3,(H,26,31)(H,27,28,30);1-2H3. The van der Waals surface area contributed by atoms with Gasteiger partial charge in [-0.2, -0.15) is 0 Å². The molecule has 4 aromatic rings. The molecule has 8 heteroatoms. The Bertz CT molecular complexity index is 1220. The summed E-state index contributed by atoms with van der Waals surface area (Å²) < 4.78 is 1.78. The van der Waals surface area contributed by atoms with Gasteiger partial charge in [-0.15, -0.1) is 11.3 Å². The van der Waals surface area contributed by atoms with E-state index in [4.69, 9.17) is 0 Å². The van der Waals surface area contributed by atoms with Crippen LogP contribution in [-0.2, 0) is 24.7 Å². The smallest absolute Gasteiger partial charge is 0.253 e. The van der Waals surface area contributed by atoms with E-state index in [1.54, 1.807) is 23.0 Å². The molecule has 34 heavy (non-hydrogen) atoms. The predicted octanol–water partition coefficient (Wildman–Crippen LogP) is 4.72. The van der Waals surface area contributed by atoms with E-state index < -0.39 is 0 Å². The molecule has 0 bridgehead atoms. The summed E-state index contributed by atoms with van der Waals surface area (Å²) in [7, 11) is 1.83. The van der Waals surface area contributed by atoms with E-state index in [1.165, 1.54) is 22.5 Å². The van der Waals surface area contributed by atoms with Crippen molar-refractivity contribution in [1.29, 1.82) is 0 Å². The summed E-state index contributed by atoms with van der Waals surface area (Å²) in [5.41, 5.74) is 4.81. The fourth-order valence-corrected chi connectivity index (χ4v) is 3.99. The van der Waals surface area contributed by atoms with Crippen molar-refractivity contribution in [1.82, 2.24) is 19.9 Å². The number of amides is 2. The Kier molecular flexibility index (Phi) is 9.11. The number of rotatable bonds is 8. The van der Waals surface area contributed by atoms with Crippen LogP contribution in [0.25, 0.3) is 11.3 Å². The van der Waals surface area contributed by atoms with Gasteiger partial charge in [0.15, 0.2) is 5.13 Å². The SMILES string of the molecule is CC.Cn1ccc(C(=O)NCC(=O)Nc2nc(-c3cccc(CCc4ccncc4)c3)cs2)c1. The molecule has 0 spiro atoms. The van der Waals surface area contributed by atoms with Crippen LogP contribution in [0.1, 0.15) is 35.3 Å². The topological polar surface area (TPSA) is 88.9 Å². The number of carbonyl (C=O) groups excluding carboxylic acids is 2. The summed E-state index contributed by atoms with van der Waals surface area (Å²) in [5.74, 6) is -0.606. The number of benzene rings is 1. The van der Waals surface area contributed by atoms with Crippen LogP contribution < -0.4 is 10.6 Å².